The van der Waals surface area contributed by atoms with Gasteiger partial charge in [-0.2, -0.15) is 13.2 Å². The first-order valence-electron chi connectivity index (χ1n) is 10.6. The van der Waals surface area contributed by atoms with Crippen molar-refractivity contribution in [3.8, 4) is 5.75 Å². The van der Waals surface area contributed by atoms with Crippen LogP contribution in [0.2, 0.25) is 5.02 Å². The molecule has 1 aromatic heterocycles. The van der Waals surface area contributed by atoms with E-state index < -0.39 is 12.1 Å². The third kappa shape index (κ3) is 8.21. The zero-order valence-corrected chi connectivity index (χ0v) is 20.2. The second kappa shape index (κ2) is 12.2. The third-order valence-corrected chi connectivity index (χ3v) is 6.18. The van der Waals surface area contributed by atoms with E-state index in [4.69, 9.17) is 26.2 Å². The van der Waals surface area contributed by atoms with Gasteiger partial charge in [0.25, 0.3) is 5.91 Å². The Bertz CT molecular complexity index is 1170. The highest BCUT2D eigenvalue weighted by Crippen LogP contribution is 2.30. The lowest BCUT2D eigenvalue weighted by Crippen LogP contribution is -2.24. The summed E-state index contributed by atoms with van der Waals surface area (Å²) < 4.78 is 50.9. The van der Waals surface area contributed by atoms with Crippen LogP contribution in [0.5, 0.6) is 5.75 Å². The van der Waals surface area contributed by atoms with Crippen LogP contribution in [0.4, 0.5) is 23.2 Å². The number of carbonyl (C=O) groups excluding carboxylic acids is 1. The molecule has 2 aromatic carbocycles. The maximum Gasteiger partial charge on any atom is 0.490 e. The molecule has 2 heterocycles. The van der Waals surface area contributed by atoms with Gasteiger partial charge in [-0.3, -0.25) is 9.69 Å². The lowest BCUT2D eigenvalue weighted by Gasteiger charge is -2.18. The van der Waals surface area contributed by atoms with Crippen molar-refractivity contribution in [2.24, 2.45) is 0 Å². The molecule has 0 bridgehead atoms. The summed E-state index contributed by atoms with van der Waals surface area (Å²) in [5.41, 5.74) is 1.71. The number of rotatable bonds is 6. The minimum absolute atomic E-state index is 0.0412. The van der Waals surface area contributed by atoms with Crippen molar-refractivity contribution in [3.63, 3.8) is 0 Å². The van der Waals surface area contributed by atoms with Crippen LogP contribution in [-0.2, 0) is 11.3 Å². The molecule has 1 amide bonds. The van der Waals surface area contributed by atoms with E-state index in [2.05, 4.69) is 10.2 Å². The van der Waals surface area contributed by atoms with Gasteiger partial charge < -0.3 is 15.2 Å². The number of amides is 1. The smallest absolute Gasteiger partial charge is 0.487 e. The summed E-state index contributed by atoms with van der Waals surface area (Å²) in [7, 11) is 0. The number of nitrogens with one attached hydrogen (secondary N) is 1. The van der Waals surface area contributed by atoms with Crippen LogP contribution in [0.3, 0.4) is 0 Å². The van der Waals surface area contributed by atoms with Gasteiger partial charge in [-0.25, -0.2) is 9.18 Å². The summed E-state index contributed by atoms with van der Waals surface area (Å²) in [6, 6.07) is 15.5. The van der Waals surface area contributed by atoms with Crippen LogP contribution < -0.4 is 10.1 Å². The summed E-state index contributed by atoms with van der Waals surface area (Å²) in [6.45, 7) is 2.46. The SMILES string of the molecule is O=C(Nc1ccc(OC2CCN(Cc3ccc(F)cc3)C2)c(Cl)c1)c1cccs1.O=C(O)C(F)(F)F. The molecule has 192 valence electrons. The Hall–Kier alpha value is -3.15. The first-order valence-corrected chi connectivity index (χ1v) is 11.8. The van der Waals surface area contributed by atoms with Gasteiger partial charge in [0.05, 0.1) is 9.90 Å². The number of carboxylic acids is 1. The lowest BCUT2D eigenvalue weighted by atomic mass is 10.2. The molecule has 0 aliphatic carbocycles. The second-order valence-electron chi connectivity index (χ2n) is 7.77. The first kappa shape index (κ1) is 27.4. The number of hydrogen-bond acceptors (Lipinski definition) is 5. The van der Waals surface area contributed by atoms with Crippen LogP contribution in [0.15, 0.2) is 60.0 Å². The molecule has 1 atom stereocenters. The number of halogens is 5. The molecule has 0 radical (unpaired) electrons. The Morgan fingerprint density at radius 3 is 2.44 bits per heavy atom. The molecular formula is C24H21ClF4N2O4S. The molecule has 0 spiro atoms. The van der Waals surface area contributed by atoms with E-state index in [1.54, 1.807) is 24.3 Å². The van der Waals surface area contributed by atoms with Crippen LogP contribution >= 0.6 is 22.9 Å². The number of thiophene rings is 1. The Labute approximate surface area is 213 Å². The zero-order chi connectivity index (χ0) is 26.3. The summed E-state index contributed by atoms with van der Waals surface area (Å²) in [5.74, 6) is -2.53. The fraction of sp³-hybridized carbons (Fsp3) is 0.250. The van der Waals surface area contributed by atoms with E-state index >= 15 is 0 Å². The lowest BCUT2D eigenvalue weighted by molar-refractivity contribution is -0.192. The van der Waals surface area contributed by atoms with Crippen molar-refractivity contribution in [3.05, 3.63) is 81.3 Å². The Kier molecular flexibility index (Phi) is 9.30. The predicted molar refractivity (Wildman–Crippen MR) is 128 cm³/mol. The first-order chi connectivity index (χ1) is 17.0. The fourth-order valence-corrected chi connectivity index (χ4v) is 4.18. The highest BCUT2D eigenvalue weighted by molar-refractivity contribution is 7.12. The number of likely N-dealkylation sites (tertiary alicyclic amines) is 1. The Morgan fingerprint density at radius 1 is 1.17 bits per heavy atom. The molecule has 36 heavy (non-hydrogen) atoms. The van der Waals surface area contributed by atoms with Gasteiger partial charge in [0.2, 0.25) is 0 Å². The second-order valence-corrected chi connectivity index (χ2v) is 9.12. The van der Waals surface area contributed by atoms with E-state index in [0.717, 1.165) is 31.6 Å². The maximum atomic E-state index is 13.0. The highest BCUT2D eigenvalue weighted by Gasteiger charge is 2.38. The molecule has 12 heteroatoms. The molecule has 0 saturated carbocycles. The van der Waals surface area contributed by atoms with Crippen LogP contribution in [0.25, 0.3) is 0 Å². The van der Waals surface area contributed by atoms with Crippen molar-refractivity contribution in [1.29, 1.82) is 0 Å². The van der Waals surface area contributed by atoms with Gasteiger partial charge >= 0.3 is 12.1 Å². The average Bonchev–Trinajstić information content (AvgIpc) is 3.50. The number of anilines is 1. The molecule has 2 N–H and O–H groups in total. The Morgan fingerprint density at radius 2 is 1.86 bits per heavy atom. The predicted octanol–water partition coefficient (Wildman–Crippen LogP) is 6.08. The highest BCUT2D eigenvalue weighted by atomic mass is 35.5. The number of carbonyl (C=O) groups is 2. The van der Waals surface area contributed by atoms with Gasteiger partial charge in [-0.05, 0) is 53.8 Å². The summed E-state index contributed by atoms with van der Waals surface area (Å²) in [4.78, 5) is 24.0. The molecule has 1 fully saturated rings. The summed E-state index contributed by atoms with van der Waals surface area (Å²) >= 11 is 7.76. The van der Waals surface area contributed by atoms with Crippen LogP contribution in [-0.4, -0.2) is 47.3 Å². The van der Waals surface area contributed by atoms with E-state index in [0.29, 0.717) is 21.3 Å². The van der Waals surface area contributed by atoms with Gasteiger partial charge in [-0.15, -0.1) is 11.3 Å². The van der Waals surface area contributed by atoms with Crippen molar-refractivity contribution >= 4 is 40.5 Å². The van der Waals surface area contributed by atoms with Crippen molar-refractivity contribution < 1.29 is 37.0 Å². The van der Waals surface area contributed by atoms with Gasteiger partial charge in [0.1, 0.15) is 17.7 Å². The van der Waals surface area contributed by atoms with E-state index in [1.165, 1.54) is 23.5 Å². The van der Waals surface area contributed by atoms with E-state index in [-0.39, 0.29) is 17.8 Å². The number of carboxylic acid groups (broad SMARTS) is 1. The average molecular weight is 545 g/mol. The van der Waals surface area contributed by atoms with Crippen LogP contribution in [0.1, 0.15) is 21.7 Å². The minimum Gasteiger partial charge on any atom is -0.487 e. The molecule has 6 nitrogen and oxygen atoms in total. The van der Waals surface area contributed by atoms with Crippen molar-refractivity contribution in [2.75, 3.05) is 18.4 Å². The minimum atomic E-state index is -5.08. The molecule has 1 aliphatic rings. The zero-order valence-electron chi connectivity index (χ0n) is 18.6. The molecule has 1 saturated heterocycles. The molecule has 3 aromatic rings. The van der Waals surface area contributed by atoms with E-state index in [1.807, 2.05) is 23.6 Å². The number of hydrogen-bond donors (Lipinski definition) is 2. The normalized spacial score (nSPS) is 15.6. The summed E-state index contributed by atoms with van der Waals surface area (Å²) in [5, 5.41) is 12.3. The Balaban J connectivity index is 0.000000454. The molecule has 4 rings (SSSR count). The topological polar surface area (TPSA) is 78.9 Å². The van der Waals surface area contributed by atoms with Crippen molar-refractivity contribution in [2.45, 2.75) is 25.2 Å². The number of aliphatic carboxylic acids is 1. The largest absolute Gasteiger partial charge is 0.490 e. The number of ether oxygens (including phenoxy) is 1. The molecule has 1 aliphatic heterocycles. The third-order valence-electron chi connectivity index (χ3n) is 5.02. The van der Waals surface area contributed by atoms with Gasteiger partial charge in [0.15, 0.2) is 0 Å². The quantitative estimate of drug-likeness (QED) is 0.368. The number of nitrogens with zero attached hydrogens (tertiary/aromatic N) is 1. The standard InChI is InChI=1S/C22H20ClFN2O2S.C2HF3O2/c23-19-12-17(25-22(27)21-2-1-11-29-21)7-8-20(19)28-18-9-10-26(14-18)13-15-3-5-16(24)6-4-15;3-2(4,5)1(6)7/h1-8,11-12,18H,9-10,13-14H2,(H,25,27);(H,6,7). The number of benzene rings is 2. The van der Waals surface area contributed by atoms with Gasteiger partial charge in [-0.1, -0.05) is 29.8 Å². The maximum absolute atomic E-state index is 13.0. The summed E-state index contributed by atoms with van der Waals surface area (Å²) in [6.07, 6.45) is -4.14. The van der Waals surface area contributed by atoms with Gasteiger partial charge in [0, 0.05) is 25.3 Å². The molecule has 1 unspecified atom stereocenters. The number of alkyl halides is 3. The van der Waals surface area contributed by atoms with E-state index in [9.17, 15) is 22.4 Å². The van der Waals surface area contributed by atoms with Crippen molar-refractivity contribution in [1.82, 2.24) is 4.90 Å². The fourth-order valence-electron chi connectivity index (χ4n) is 3.34. The molecular weight excluding hydrogens is 524 g/mol. The van der Waals surface area contributed by atoms with Crippen LogP contribution in [0, 0.1) is 5.82 Å². The monoisotopic (exact) mass is 544 g/mol.